The molecule has 1 heterocycles. The predicted molar refractivity (Wildman–Crippen MR) is 69.7 cm³/mol. The summed E-state index contributed by atoms with van der Waals surface area (Å²) >= 11 is 5.45. The van der Waals surface area contributed by atoms with E-state index in [0.717, 1.165) is 5.33 Å². The molecular weight excluding hydrogens is 256 g/mol. The molecule has 0 fully saturated rings. The lowest BCUT2D eigenvalue weighted by Gasteiger charge is -1.97. The first-order valence-electron chi connectivity index (χ1n) is 5.50. The Morgan fingerprint density at radius 2 is 1.79 bits per heavy atom. The lowest BCUT2D eigenvalue weighted by Crippen LogP contribution is -1.82. The molecule has 0 atom stereocenters. The van der Waals surface area contributed by atoms with Gasteiger partial charge in [0, 0.05) is 15.1 Å². The van der Waals surface area contributed by atoms with E-state index in [1.807, 2.05) is 11.3 Å². The van der Waals surface area contributed by atoms with Crippen molar-refractivity contribution in [2.24, 2.45) is 0 Å². The largest absolute Gasteiger partial charge is 0.145 e. The Morgan fingerprint density at radius 1 is 1.07 bits per heavy atom. The predicted octanol–water partition coefficient (Wildman–Crippen LogP) is 4.81. The van der Waals surface area contributed by atoms with Gasteiger partial charge >= 0.3 is 0 Å². The molecule has 0 bridgehead atoms. The van der Waals surface area contributed by atoms with Crippen molar-refractivity contribution in [3.05, 3.63) is 21.9 Å². The molecule has 0 aliphatic carbocycles. The van der Waals surface area contributed by atoms with Crippen molar-refractivity contribution in [2.45, 2.75) is 45.4 Å². The summed E-state index contributed by atoms with van der Waals surface area (Å²) in [7, 11) is 0. The smallest absolute Gasteiger partial charge is 0.00481 e. The van der Waals surface area contributed by atoms with E-state index in [9.17, 15) is 0 Å². The van der Waals surface area contributed by atoms with Gasteiger partial charge in [0.15, 0.2) is 0 Å². The quantitative estimate of drug-likeness (QED) is 0.495. The van der Waals surface area contributed by atoms with Crippen LogP contribution in [0.25, 0.3) is 0 Å². The minimum absolute atomic E-state index is 1.16. The van der Waals surface area contributed by atoms with E-state index in [1.165, 1.54) is 43.4 Å². The molecule has 0 N–H and O–H groups in total. The van der Waals surface area contributed by atoms with E-state index in [-0.39, 0.29) is 0 Å². The van der Waals surface area contributed by atoms with E-state index in [0.29, 0.717) is 0 Å². The van der Waals surface area contributed by atoms with Gasteiger partial charge in [-0.2, -0.15) is 0 Å². The van der Waals surface area contributed by atoms with Gasteiger partial charge in [-0.05, 0) is 37.8 Å². The third-order valence-corrected chi connectivity index (χ3v) is 4.22. The maximum atomic E-state index is 3.46. The Labute approximate surface area is 99.9 Å². The minimum Gasteiger partial charge on any atom is -0.145 e. The molecule has 0 aliphatic rings. The summed E-state index contributed by atoms with van der Waals surface area (Å²) < 4.78 is 0. The van der Waals surface area contributed by atoms with Crippen molar-refractivity contribution in [3.8, 4) is 0 Å². The van der Waals surface area contributed by atoms with Crippen LogP contribution in [0.1, 0.15) is 42.4 Å². The molecule has 0 radical (unpaired) electrons. The zero-order chi connectivity index (χ0) is 10.2. The first-order chi connectivity index (χ1) is 6.86. The van der Waals surface area contributed by atoms with E-state index >= 15 is 0 Å². The third-order valence-electron chi connectivity index (χ3n) is 2.37. The van der Waals surface area contributed by atoms with Crippen LogP contribution in [0.3, 0.4) is 0 Å². The minimum atomic E-state index is 1.16. The Morgan fingerprint density at radius 3 is 2.43 bits per heavy atom. The summed E-state index contributed by atoms with van der Waals surface area (Å²) in [5.74, 6) is 0. The lowest BCUT2D eigenvalue weighted by molar-refractivity contribution is 0.675. The number of hydrogen-bond acceptors (Lipinski definition) is 1. The molecule has 1 aromatic heterocycles. The van der Waals surface area contributed by atoms with Crippen molar-refractivity contribution in [2.75, 3.05) is 5.33 Å². The van der Waals surface area contributed by atoms with Gasteiger partial charge in [-0.1, -0.05) is 35.7 Å². The summed E-state index contributed by atoms with van der Waals surface area (Å²) in [5, 5.41) is 1.16. The monoisotopic (exact) mass is 274 g/mol. The molecule has 14 heavy (non-hydrogen) atoms. The number of unbranched alkanes of at least 4 members (excludes halogenated alkanes) is 3. The van der Waals surface area contributed by atoms with Gasteiger partial charge in [0.05, 0.1) is 0 Å². The van der Waals surface area contributed by atoms with Gasteiger partial charge in [-0.3, -0.25) is 0 Å². The Bertz CT molecular complexity index is 242. The molecule has 0 unspecified atom stereocenters. The van der Waals surface area contributed by atoms with Crippen LogP contribution in [0.2, 0.25) is 0 Å². The molecule has 0 nitrogen and oxygen atoms in total. The highest BCUT2D eigenvalue weighted by Crippen LogP contribution is 2.19. The average molecular weight is 275 g/mol. The van der Waals surface area contributed by atoms with E-state index in [2.05, 4.69) is 35.0 Å². The maximum Gasteiger partial charge on any atom is 0.00481 e. The third kappa shape index (κ3) is 4.61. The number of hydrogen-bond donors (Lipinski definition) is 0. The van der Waals surface area contributed by atoms with Crippen molar-refractivity contribution in [3.63, 3.8) is 0 Å². The molecule has 0 amide bonds. The van der Waals surface area contributed by atoms with Crippen molar-refractivity contribution >= 4 is 27.3 Å². The summed E-state index contributed by atoms with van der Waals surface area (Å²) in [6.45, 7) is 2.23. The molecule has 0 saturated heterocycles. The second kappa shape index (κ2) is 7.47. The fourth-order valence-corrected chi connectivity index (χ4v) is 2.89. The van der Waals surface area contributed by atoms with E-state index in [1.54, 1.807) is 4.88 Å². The molecule has 0 aromatic carbocycles. The first kappa shape index (κ1) is 12.3. The normalized spacial score (nSPS) is 10.7. The van der Waals surface area contributed by atoms with Crippen LogP contribution in [0.4, 0.5) is 0 Å². The van der Waals surface area contributed by atoms with E-state index in [4.69, 9.17) is 0 Å². The topological polar surface area (TPSA) is 0 Å². The Hall–Kier alpha value is 0.180. The molecule has 0 saturated carbocycles. The van der Waals surface area contributed by atoms with Crippen LogP contribution in [0, 0.1) is 0 Å². The zero-order valence-electron chi connectivity index (χ0n) is 8.89. The first-order valence-corrected chi connectivity index (χ1v) is 7.44. The van der Waals surface area contributed by atoms with Crippen LogP contribution in [-0.2, 0) is 12.8 Å². The maximum absolute atomic E-state index is 3.46. The van der Waals surface area contributed by atoms with Crippen LogP contribution >= 0.6 is 27.3 Å². The zero-order valence-corrected chi connectivity index (χ0v) is 11.3. The van der Waals surface area contributed by atoms with Gasteiger partial charge in [0.25, 0.3) is 0 Å². The summed E-state index contributed by atoms with van der Waals surface area (Å²) in [4.78, 5) is 3.10. The van der Waals surface area contributed by atoms with Crippen molar-refractivity contribution in [1.29, 1.82) is 0 Å². The van der Waals surface area contributed by atoms with Crippen LogP contribution in [0.15, 0.2) is 12.1 Å². The standard InChI is InChI=1S/C12H19BrS/c1-2-11-8-9-12(14-11)7-5-3-4-6-10-13/h8-9H,2-7,10H2,1H3. The van der Waals surface area contributed by atoms with Crippen molar-refractivity contribution < 1.29 is 0 Å². The van der Waals surface area contributed by atoms with Crippen LogP contribution in [-0.4, -0.2) is 5.33 Å². The highest BCUT2D eigenvalue weighted by Gasteiger charge is 1.98. The molecule has 80 valence electrons. The van der Waals surface area contributed by atoms with Gasteiger partial charge in [-0.15, -0.1) is 11.3 Å². The Balaban J connectivity index is 2.12. The van der Waals surface area contributed by atoms with Crippen molar-refractivity contribution in [1.82, 2.24) is 0 Å². The number of alkyl halides is 1. The summed E-state index contributed by atoms with van der Waals surface area (Å²) in [5.41, 5.74) is 0. The molecule has 0 spiro atoms. The molecule has 1 rings (SSSR count). The molecule has 1 aromatic rings. The van der Waals surface area contributed by atoms with Crippen LogP contribution < -0.4 is 0 Å². The lowest BCUT2D eigenvalue weighted by atomic mass is 10.1. The fraction of sp³-hybridized carbons (Fsp3) is 0.667. The molecular formula is C12H19BrS. The highest BCUT2D eigenvalue weighted by atomic mass is 79.9. The number of rotatable bonds is 7. The second-order valence-electron chi connectivity index (χ2n) is 3.57. The number of thiophene rings is 1. The van der Waals surface area contributed by atoms with Gasteiger partial charge < -0.3 is 0 Å². The van der Waals surface area contributed by atoms with E-state index < -0.39 is 0 Å². The summed E-state index contributed by atoms with van der Waals surface area (Å²) in [6.07, 6.45) is 7.91. The number of aryl methyl sites for hydroxylation is 2. The van der Waals surface area contributed by atoms with Crippen LogP contribution in [0.5, 0.6) is 0 Å². The van der Waals surface area contributed by atoms with Gasteiger partial charge in [-0.25, -0.2) is 0 Å². The molecule has 2 heteroatoms. The average Bonchev–Trinajstić information content (AvgIpc) is 2.65. The van der Waals surface area contributed by atoms with Gasteiger partial charge in [0.2, 0.25) is 0 Å². The second-order valence-corrected chi connectivity index (χ2v) is 5.62. The SMILES string of the molecule is CCc1ccc(CCCCCCBr)s1. The highest BCUT2D eigenvalue weighted by molar-refractivity contribution is 9.09. The Kier molecular flexibility index (Phi) is 6.54. The molecule has 0 aliphatic heterocycles. The fourth-order valence-electron chi connectivity index (χ4n) is 1.49. The van der Waals surface area contributed by atoms with Gasteiger partial charge in [0.1, 0.15) is 0 Å². The summed E-state index contributed by atoms with van der Waals surface area (Å²) in [6, 6.07) is 4.58. The number of halogens is 1.